The molecule has 140 valence electrons. The first-order valence-corrected chi connectivity index (χ1v) is 9.78. The Bertz CT molecular complexity index is 780. The van der Waals surface area contributed by atoms with Crippen LogP contribution >= 0.6 is 31.9 Å². The molecule has 0 heterocycles. The first kappa shape index (κ1) is 20.6. The van der Waals surface area contributed by atoms with Crippen LogP contribution in [0.15, 0.2) is 39.3 Å². The zero-order chi connectivity index (χ0) is 19.1. The second kappa shape index (κ2) is 9.83. The standard InChI is InChI=1S/C19H21Br2NO4/c1-4-25-17-8-12(14(21)11-18(17)26-5-2)9-19(23)22-15-10-13(20)6-7-16(15)24-3/h6-8,10-11H,4-5,9H2,1-3H3,(H,22,23). The average Bonchev–Trinajstić information content (AvgIpc) is 2.59. The lowest BCUT2D eigenvalue weighted by Gasteiger charge is -2.15. The van der Waals surface area contributed by atoms with Gasteiger partial charge in [0.25, 0.3) is 0 Å². The molecule has 0 unspecified atom stereocenters. The smallest absolute Gasteiger partial charge is 0.228 e. The van der Waals surface area contributed by atoms with Gasteiger partial charge in [-0.15, -0.1) is 0 Å². The summed E-state index contributed by atoms with van der Waals surface area (Å²) in [5.41, 5.74) is 1.42. The minimum Gasteiger partial charge on any atom is -0.495 e. The molecular weight excluding hydrogens is 466 g/mol. The van der Waals surface area contributed by atoms with E-state index in [4.69, 9.17) is 14.2 Å². The number of carbonyl (C=O) groups excluding carboxylic acids is 1. The van der Waals surface area contributed by atoms with Gasteiger partial charge in [0.1, 0.15) is 5.75 Å². The van der Waals surface area contributed by atoms with Crippen LogP contribution in [0.2, 0.25) is 0 Å². The molecule has 0 saturated carbocycles. The van der Waals surface area contributed by atoms with E-state index in [2.05, 4.69) is 37.2 Å². The van der Waals surface area contributed by atoms with Crippen LogP contribution in [0.1, 0.15) is 19.4 Å². The maximum Gasteiger partial charge on any atom is 0.228 e. The first-order valence-electron chi connectivity index (χ1n) is 8.19. The van der Waals surface area contributed by atoms with Gasteiger partial charge in [0.05, 0.1) is 32.4 Å². The summed E-state index contributed by atoms with van der Waals surface area (Å²) in [6.07, 6.45) is 0.183. The van der Waals surface area contributed by atoms with E-state index in [1.54, 1.807) is 19.2 Å². The molecule has 26 heavy (non-hydrogen) atoms. The summed E-state index contributed by atoms with van der Waals surface area (Å²) in [4.78, 5) is 12.5. The lowest BCUT2D eigenvalue weighted by atomic mass is 10.1. The highest BCUT2D eigenvalue weighted by molar-refractivity contribution is 9.10. The number of amides is 1. The van der Waals surface area contributed by atoms with Crippen molar-refractivity contribution in [2.45, 2.75) is 20.3 Å². The molecule has 0 aliphatic heterocycles. The predicted octanol–water partition coefficient (Wildman–Crippen LogP) is 5.20. The molecule has 1 amide bonds. The van der Waals surface area contributed by atoms with Crippen molar-refractivity contribution in [1.82, 2.24) is 0 Å². The summed E-state index contributed by atoms with van der Waals surface area (Å²) in [6.45, 7) is 4.87. The van der Waals surface area contributed by atoms with Gasteiger partial charge in [-0.3, -0.25) is 4.79 Å². The van der Waals surface area contributed by atoms with E-state index in [1.165, 1.54) is 0 Å². The lowest BCUT2D eigenvalue weighted by molar-refractivity contribution is -0.115. The van der Waals surface area contributed by atoms with Crippen molar-refractivity contribution in [2.75, 3.05) is 25.6 Å². The Balaban J connectivity index is 2.21. The summed E-state index contributed by atoms with van der Waals surface area (Å²) in [6, 6.07) is 9.11. The Labute approximate surface area is 170 Å². The van der Waals surface area contributed by atoms with Gasteiger partial charge in [0, 0.05) is 8.95 Å². The molecule has 0 radical (unpaired) electrons. The molecule has 0 saturated heterocycles. The van der Waals surface area contributed by atoms with Gasteiger partial charge in [-0.05, 0) is 49.7 Å². The van der Waals surface area contributed by atoms with Gasteiger partial charge in [0.2, 0.25) is 5.91 Å². The van der Waals surface area contributed by atoms with Crippen molar-refractivity contribution < 1.29 is 19.0 Å². The van der Waals surface area contributed by atoms with E-state index in [0.717, 1.165) is 14.5 Å². The Morgan fingerprint density at radius 2 is 1.65 bits per heavy atom. The van der Waals surface area contributed by atoms with E-state index in [0.29, 0.717) is 36.1 Å². The van der Waals surface area contributed by atoms with Crippen molar-refractivity contribution >= 4 is 43.5 Å². The highest BCUT2D eigenvalue weighted by Crippen LogP contribution is 2.34. The van der Waals surface area contributed by atoms with Gasteiger partial charge in [-0.2, -0.15) is 0 Å². The quantitative estimate of drug-likeness (QED) is 0.557. The van der Waals surface area contributed by atoms with E-state index in [1.807, 2.05) is 32.0 Å². The largest absolute Gasteiger partial charge is 0.495 e. The fourth-order valence-corrected chi connectivity index (χ4v) is 3.22. The Kier molecular flexibility index (Phi) is 7.78. The lowest BCUT2D eigenvalue weighted by Crippen LogP contribution is -2.15. The number of hydrogen-bond acceptors (Lipinski definition) is 4. The van der Waals surface area contributed by atoms with Crippen LogP contribution in [0.5, 0.6) is 17.2 Å². The van der Waals surface area contributed by atoms with Crippen LogP contribution in [0.3, 0.4) is 0 Å². The van der Waals surface area contributed by atoms with Crippen LogP contribution in [-0.4, -0.2) is 26.2 Å². The van der Waals surface area contributed by atoms with Gasteiger partial charge < -0.3 is 19.5 Å². The summed E-state index contributed by atoms with van der Waals surface area (Å²) in [5, 5.41) is 2.88. The highest BCUT2D eigenvalue weighted by atomic mass is 79.9. The number of hydrogen-bond donors (Lipinski definition) is 1. The second-order valence-corrected chi connectivity index (χ2v) is 7.10. The van der Waals surface area contributed by atoms with Gasteiger partial charge in [0.15, 0.2) is 11.5 Å². The van der Waals surface area contributed by atoms with E-state index in [-0.39, 0.29) is 12.3 Å². The van der Waals surface area contributed by atoms with Crippen molar-refractivity contribution in [3.8, 4) is 17.2 Å². The number of halogens is 2. The van der Waals surface area contributed by atoms with Crippen LogP contribution in [0.4, 0.5) is 5.69 Å². The van der Waals surface area contributed by atoms with Crippen molar-refractivity contribution in [2.24, 2.45) is 0 Å². The minimum atomic E-state index is -0.159. The van der Waals surface area contributed by atoms with Gasteiger partial charge in [-0.1, -0.05) is 31.9 Å². The Morgan fingerprint density at radius 1 is 1.00 bits per heavy atom. The van der Waals surface area contributed by atoms with E-state index < -0.39 is 0 Å². The molecule has 0 atom stereocenters. The molecule has 0 aliphatic rings. The number of nitrogens with one attached hydrogen (secondary N) is 1. The van der Waals surface area contributed by atoms with Crippen LogP contribution in [0, 0.1) is 0 Å². The number of ether oxygens (including phenoxy) is 3. The van der Waals surface area contributed by atoms with Crippen molar-refractivity contribution in [3.63, 3.8) is 0 Å². The van der Waals surface area contributed by atoms with Crippen LogP contribution in [-0.2, 0) is 11.2 Å². The normalized spacial score (nSPS) is 10.3. The molecule has 0 spiro atoms. The minimum absolute atomic E-state index is 0.159. The van der Waals surface area contributed by atoms with Crippen molar-refractivity contribution in [1.29, 1.82) is 0 Å². The topological polar surface area (TPSA) is 56.8 Å². The molecule has 7 heteroatoms. The third-order valence-corrected chi connectivity index (χ3v) is 4.73. The molecule has 1 N–H and O–H groups in total. The Hall–Kier alpha value is -1.73. The monoisotopic (exact) mass is 485 g/mol. The van der Waals surface area contributed by atoms with Crippen LogP contribution < -0.4 is 19.5 Å². The summed E-state index contributed by atoms with van der Waals surface area (Å²) in [5.74, 6) is 1.72. The molecule has 0 aliphatic carbocycles. The molecule has 2 aromatic rings. The Morgan fingerprint density at radius 3 is 2.27 bits per heavy atom. The molecule has 2 aromatic carbocycles. The molecule has 2 rings (SSSR count). The molecule has 0 bridgehead atoms. The fourth-order valence-electron chi connectivity index (χ4n) is 2.39. The van der Waals surface area contributed by atoms with Crippen LogP contribution in [0.25, 0.3) is 0 Å². The number of carbonyl (C=O) groups is 1. The van der Waals surface area contributed by atoms with Gasteiger partial charge in [-0.25, -0.2) is 0 Å². The predicted molar refractivity (Wildman–Crippen MR) is 110 cm³/mol. The number of anilines is 1. The average molecular weight is 487 g/mol. The summed E-state index contributed by atoms with van der Waals surface area (Å²) < 4.78 is 18.2. The number of rotatable bonds is 8. The zero-order valence-corrected chi connectivity index (χ0v) is 18.1. The SMILES string of the molecule is CCOc1cc(Br)c(CC(=O)Nc2cc(Br)ccc2OC)cc1OCC. The molecular formula is C19H21Br2NO4. The molecule has 0 aromatic heterocycles. The fraction of sp³-hybridized carbons (Fsp3) is 0.316. The van der Waals surface area contributed by atoms with Crippen molar-refractivity contribution in [3.05, 3.63) is 44.8 Å². The summed E-state index contributed by atoms with van der Waals surface area (Å²) >= 11 is 6.91. The van der Waals surface area contributed by atoms with Gasteiger partial charge >= 0.3 is 0 Å². The first-order chi connectivity index (χ1) is 12.5. The molecule has 0 fully saturated rings. The summed E-state index contributed by atoms with van der Waals surface area (Å²) in [7, 11) is 1.57. The second-order valence-electron chi connectivity index (χ2n) is 5.33. The molecule has 5 nitrogen and oxygen atoms in total. The third kappa shape index (κ3) is 5.38. The maximum absolute atomic E-state index is 12.5. The number of benzene rings is 2. The number of methoxy groups -OCH3 is 1. The maximum atomic E-state index is 12.5. The highest BCUT2D eigenvalue weighted by Gasteiger charge is 2.15. The third-order valence-electron chi connectivity index (χ3n) is 3.50. The van der Waals surface area contributed by atoms with E-state index >= 15 is 0 Å². The zero-order valence-electron chi connectivity index (χ0n) is 14.9. The van der Waals surface area contributed by atoms with E-state index in [9.17, 15) is 4.79 Å².